The zero-order chi connectivity index (χ0) is 39.0. The number of nitrogens with two attached hydrogens (primary N) is 2. The molecule has 2 amide bonds. The summed E-state index contributed by atoms with van der Waals surface area (Å²) in [6.07, 6.45) is 35.5. The third kappa shape index (κ3) is 37.2. The fourth-order valence-electron chi connectivity index (χ4n) is 6.39. The summed E-state index contributed by atoms with van der Waals surface area (Å²) >= 11 is 0. The standard InChI is InChI=1S/C41H80N4O6S2/c42-32-28-24-20-16-12-8-4-1-2-6-10-14-18-22-26-30-38(46)44-36(40(48)49)34-52-53-35-37(41(50)51)45-39(47)31-27-23-19-15-11-7-3-5-9-13-17-21-25-29-33-43/h36-37H,1-35,42-43H2,(H,44,46)(H,45,47)(H,48,49)(H,50,51). The number of amides is 2. The van der Waals surface area contributed by atoms with Crippen LogP contribution < -0.4 is 22.1 Å². The summed E-state index contributed by atoms with van der Waals surface area (Å²) in [7, 11) is 2.39. The second kappa shape index (κ2) is 40.2. The van der Waals surface area contributed by atoms with E-state index < -0.39 is 24.0 Å². The summed E-state index contributed by atoms with van der Waals surface area (Å²) < 4.78 is 0. The Kier molecular flexibility index (Phi) is 39.0. The van der Waals surface area contributed by atoms with Crippen molar-refractivity contribution in [3.63, 3.8) is 0 Å². The first-order valence-corrected chi connectivity index (χ1v) is 24.0. The minimum Gasteiger partial charge on any atom is -0.480 e. The fourth-order valence-corrected chi connectivity index (χ4v) is 8.70. The highest BCUT2D eigenvalue weighted by Crippen LogP contribution is 2.23. The lowest BCUT2D eigenvalue weighted by molar-refractivity contribution is -0.141. The van der Waals surface area contributed by atoms with Crippen LogP contribution in [0.1, 0.15) is 199 Å². The predicted octanol–water partition coefficient (Wildman–Crippen LogP) is 9.52. The van der Waals surface area contributed by atoms with Crippen molar-refractivity contribution in [2.45, 2.75) is 211 Å². The lowest BCUT2D eigenvalue weighted by Gasteiger charge is -2.16. The summed E-state index contributed by atoms with van der Waals surface area (Å²) in [5.41, 5.74) is 11.1. The number of carboxylic acids is 2. The molecule has 312 valence electrons. The molecule has 0 bridgehead atoms. The van der Waals surface area contributed by atoms with Crippen LogP contribution >= 0.6 is 21.6 Å². The zero-order valence-electron chi connectivity index (χ0n) is 33.4. The van der Waals surface area contributed by atoms with Crippen LogP contribution in [0.4, 0.5) is 0 Å². The average Bonchev–Trinajstić information content (AvgIpc) is 3.13. The molecule has 0 saturated heterocycles. The molecule has 0 aliphatic carbocycles. The number of rotatable bonds is 42. The van der Waals surface area contributed by atoms with Crippen LogP contribution in [-0.4, -0.2) is 70.6 Å². The number of carboxylic acid groups (broad SMARTS) is 2. The molecule has 0 spiro atoms. The monoisotopic (exact) mass is 789 g/mol. The van der Waals surface area contributed by atoms with Gasteiger partial charge in [-0.2, -0.15) is 0 Å². The van der Waals surface area contributed by atoms with Crippen molar-refractivity contribution >= 4 is 45.3 Å². The number of carbonyl (C=O) groups is 4. The van der Waals surface area contributed by atoms with Gasteiger partial charge in [-0.05, 0) is 38.8 Å². The van der Waals surface area contributed by atoms with Crippen molar-refractivity contribution < 1.29 is 29.4 Å². The van der Waals surface area contributed by atoms with Crippen LogP contribution in [0.5, 0.6) is 0 Å². The Hall–Kier alpha value is -1.50. The maximum atomic E-state index is 12.4. The van der Waals surface area contributed by atoms with Gasteiger partial charge < -0.3 is 32.3 Å². The Balaban J connectivity index is 3.86. The molecule has 10 nitrogen and oxygen atoms in total. The van der Waals surface area contributed by atoms with Crippen LogP contribution in [0.2, 0.25) is 0 Å². The summed E-state index contributed by atoms with van der Waals surface area (Å²) in [4.78, 5) is 48.2. The van der Waals surface area contributed by atoms with Gasteiger partial charge in [-0.1, -0.05) is 182 Å². The second-order valence-corrected chi connectivity index (χ2v) is 17.4. The molecule has 2 atom stereocenters. The van der Waals surface area contributed by atoms with Gasteiger partial charge >= 0.3 is 11.9 Å². The third-order valence-electron chi connectivity index (χ3n) is 9.79. The van der Waals surface area contributed by atoms with E-state index in [2.05, 4.69) is 10.6 Å². The Labute approximate surface area is 331 Å². The van der Waals surface area contributed by atoms with E-state index in [4.69, 9.17) is 11.5 Å². The van der Waals surface area contributed by atoms with Gasteiger partial charge in [-0.25, -0.2) is 9.59 Å². The van der Waals surface area contributed by atoms with Crippen LogP contribution in [-0.2, 0) is 19.2 Å². The first-order valence-electron chi connectivity index (χ1n) is 21.5. The van der Waals surface area contributed by atoms with Crippen LogP contribution in [0.15, 0.2) is 0 Å². The maximum Gasteiger partial charge on any atom is 0.327 e. The van der Waals surface area contributed by atoms with Gasteiger partial charge in [0.05, 0.1) is 0 Å². The third-order valence-corrected chi connectivity index (χ3v) is 12.2. The number of unbranched alkanes of at least 4 members (excludes halogenated alkanes) is 27. The molecule has 0 saturated carbocycles. The molecular formula is C41H80N4O6S2. The van der Waals surface area contributed by atoms with E-state index in [0.717, 1.165) is 64.5 Å². The van der Waals surface area contributed by atoms with Gasteiger partial charge in [0.2, 0.25) is 11.8 Å². The largest absolute Gasteiger partial charge is 0.480 e. The Morgan fingerprint density at radius 3 is 0.792 bits per heavy atom. The van der Waals surface area contributed by atoms with Crippen LogP contribution in [0.25, 0.3) is 0 Å². The normalized spacial score (nSPS) is 12.4. The molecule has 0 rings (SSSR count). The van der Waals surface area contributed by atoms with E-state index in [1.165, 1.54) is 156 Å². The number of carbonyl (C=O) groups excluding carboxylic acids is 2. The number of nitrogens with one attached hydrogen (secondary N) is 2. The highest BCUT2D eigenvalue weighted by molar-refractivity contribution is 8.76. The van der Waals surface area contributed by atoms with Crippen molar-refractivity contribution in [1.29, 1.82) is 0 Å². The molecule has 0 aromatic carbocycles. The molecule has 0 radical (unpaired) electrons. The molecule has 0 aromatic rings. The van der Waals surface area contributed by atoms with Gasteiger partial charge in [-0.3, -0.25) is 9.59 Å². The first-order chi connectivity index (χ1) is 25.8. The molecule has 0 aromatic heterocycles. The summed E-state index contributed by atoms with van der Waals surface area (Å²) in [5.74, 6) is -2.55. The Bertz CT molecular complexity index is 885. The van der Waals surface area contributed by atoms with Crippen molar-refractivity contribution in [3.05, 3.63) is 0 Å². The molecule has 8 N–H and O–H groups in total. The quantitative estimate of drug-likeness (QED) is 0.0257. The number of hydrogen-bond donors (Lipinski definition) is 6. The van der Waals surface area contributed by atoms with Crippen LogP contribution in [0, 0.1) is 0 Å². The summed E-state index contributed by atoms with van der Waals surface area (Å²) in [5, 5.41) is 24.4. The van der Waals surface area contributed by atoms with Crippen molar-refractivity contribution in [2.24, 2.45) is 11.5 Å². The first kappa shape index (κ1) is 51.5. The minimum atomic E-state index is -1.11. The van der Waals surface area contributed by atoms with Crippen molar-refractivity contribution in [1.82, 2.24) is 10.6 Å². The highest BCUT2D eigenvalue weighted by atomic mass is 33.1. The lowest BCUT2D eigenvalue weighted by Crippen LogP contribution is -2.43. The van der Waals surface area contributed by atoms with E-state index in [0.29, 0.717) is 12.8 Å². The lowest BCUT2D eigenvalue weighted by atomic mass is 10.0. The Morgan fingerprint density at radius 1 is 0.377 bits per heavy atom. The van der Waals surface area contributed by atoms with Gasteiger partial charge in [-0.15, -0.1) is 0 Å². The Morgan fingerprint density at radius 2 is 0.585 bits per heavy atom. The molecule has 12 heteroatoms. The van der Waals surface area contributed by atoms with E-state index in [1.807, 2.05) is 0 Å². The molecule has 0 fully saturated rings. The minimum absolute atomic E-state index is 0.107. The van der Waals surface area contributed by atoms with Gasteiger partial charge in [0.1, 0.15) is 12.1 Å². The van der Waals surface area contributed by atoms with Gasteiger partial charge in [0.25, 0.3) is 0 Å². The molecular weight excluding hydrogens is 709 g/mol. The maximum absolute atomic E-state index is 12.4. The zero-order valence-corrected chi connectivity index (χ0v) is 35.0. The second-order valence-electron chi connectivity index (χ2n) is 14.8. The molecule has 0 aliphatic rings. The molecule has 2 unspecified atom stereocenters. The smallest absolute Gasteiger partial charge is 0.327 e. The van der Waals surface area contributed by atoms with Gasteiger partial charge in [0, 0.05) is 24.3 Å². The molecule has 0 heterocycles. The average molecular weight is 789 g/mol. The number of aliphatic carboxylic acids is 2. The van der Waals surface area contributed by atoms with Crippen molar-refractivity contribution in [3.8, 4) is 0 Å². The SMILES string of the molecule is NCCCCCCCCCCCCCCCCCC(=O)NC(CSSCC(NC(=O)CCCCCCCCCCCCCCCCN)C(=O)O)C(=O)O. The molecule has 53 heavy (non-hydrogen) atoms. The van der Waals surface area contributed by atoms with E-state index in [9.17, 15) is 29.4 Å². The summed E-state index contributed by atoms with van der Waals surface area (Å²) in [6.45, 7) is 1.62. The predicted molar refractivity (Wildman–Crippen MR) is 225 cm³/mol. The van der Waals surface area contributed by atoms with Crippen LogP contribution in [0.3, 0.4) is 0 Å². The number of hydrogen-bond acceptors (Lipinski definition) is 8. The highest BCUT2D eigenvalue weighted by Gasteiger charge is 2.23. The van der Waals surface area contributed by atoms with Crippen molar-refractivity contribution in [2.75, 3.05) is 24.6 Å². The van der Waals surface area contributed by atoms with E-state index >= 15 is 0 Å². The topological polar surface area (TPSA) is 185 Å². The van der Waals surface area contributed by atoms with E-state index in [1.54, 1.807) is 0 Å². The molecule has 0 aliphatic heterocycles. The van der Waals surface area contributed by atoms with E-state index in [-0.39, 0.29) is 23.3 Å². The van der Waals surface area contributed by atoms with Gasteiger partial charge in [0.15, 0.2) is 0 Å². The summed E-state index contributed by atoms with van der Waals surface area (Å²) in [6, 6.07) is -2.09. The fraction of sp³-hybridized carbons (Fsp3) is 0.902.